The van der Waals surface area contributed by atoms with Crippen LogP contribution in [0.15, 0.2) is 48.5 Å². The number of ether oxygens (including phenoxy) is 1. The summed E-state index contributed by atoms with van der Waals surface area (Å²) in [7, 11) is 2.01. The van der Waals surface area contributed by atoms with Crippen LogP contribution in [0.5, 0.6) is 5.75 Å². The summed E-state index contributed by atoms with van der Waals surface area (Å²) in [4.78, 5) is 2.07. The molecule has 0 unspecified atom stereocenters. The summed E-state index contributed by atoms with van der Waals surface area (Å²) >= 11 is 0. The Morgan fingerprint density at radius 3 is 2.48 bits per heavy atom. The van der Waals surface area contributed by atoms with Crippen LogP contribution in [0.4, 0.5) is 5.82 Å². The molecular formula is C22H24N6O. The van der Waals surface area contributed by atoms with E-state index >= 15 is 0 Å². The maximum atomic E-state index is 6.17. The van der Waals surface area contributed by atoms with Crippen LogP contribution in [0.25, 0.3) is 5.65 Å². The molecule has 148 valence electrons. The predicted octanol–water partition coefficient (Wildman–Crippen LogP) is 3.66. The second-order valence-corrected chi connectivity index (χ2v) is 7.35. The van der Waals surface area contributed by atoms with Crippen LogP contribution in [0.2, 0.25) is 0 Å². The highest BCUT2D eigenvalue weighted by Gasteiger charge is 2.11. The smallest absolute Gasteiger partial charge is 0.200 e. The van der Waals surface area contributed by atoms with Gasteiger partial charge in [-0.2, -0.15) is 0 Å². The molecule has 0 bridgehead atoms. The molecule has 0 spiro atoms. The first-order chi connectivity index (χ1) is 14.0. The van der Waals surface area contributed by atoms with Crippen LogP contribution in [0.3, 0.4) is 0 Å². The number of tetrazole rings is 1. The van der Waals surface area contributed by atoms with Crippen LogP contribution >= 0.6 is 0 Å². The van der Waals surface area contributed by atoms with Crippen molar-refractivity contribution in [3.05, 3.63) is 76.3 Å². The second-order valence-electron chi connectivity index (χ2n) is 7.35. The molecule has 2 aromatic carbocycles. The van der Waals surface area contributed by atoms with E-state index in [0.717, 1.165) is 29.2 Å². The Morgan fingerprint density at radius 2 is 1.72 bits per heavy atom. The van der Waals surface area contributed by atoms with E-state index in [1.165, 1.54) is 21.3 Å². The highest BCUT2D eigenvalue weighted by atomic mass is 16.5. The molecule has 4 rings (SSSR count). The van der Waals surface area contributed by atoms with E-state index in [2.05, 4.69) is 70.6 Å². The van der Waals surface area contributed by atoms with Gasteiger partial charge in [-0.3, -0.25) is 0 Å². The van der Waals surface area contributed by atoms with Crippen molar-refractivity contribution < 1.29 is 4.74 Å². The fourth-order valence-electron chi connectivity index (χ4n) is 3.48. The van der Waals surface area contributed by atoms with Crippen LogP contribution in [0, 0.1) is 20.8 Å². The third kappa shape index (κ3) is 4.03. The molecule has 0 radical (unpaired) electrons. The Morgan fingerprint density at radius 1 is 0.966 bits per heavy atom. The highest BCUT2D eigenvalue weighted by Crippen LogP contribution is 2.27. The summed E-state index contributed by atoms with van der Waals surface area (Å²) in [5.41, 5.74) is 6.54. The molecule has 0 N–H and O–H groups in total. The molecule has 0 saturated heterocycles. The van der Waals surface area contributed by atoms with Gasteiger partial charge in [-0.1, -0.05) is 36.4 Å². The molecule has 0 aliphatic carbocycles. The lowest BCUT2D eigenvalue weighted by Gasteiger charge is -2.20. The average Bonchev–Trinajstić information content (AvgIpc) is 3.16. The van der Waals surface area contributed by atoms with Crippen LogP contribution < -0.4 is 9.64 Å². The third-order valence-electron chi connectivity index (χ3n) is 5.02. The standard InChI is InChI=1S/C22H24N6O/c1-15-7-5-6-8-19(15)14-29-22-16(2)11-18(12-17(22)3)13-27(4)21-10-9-20-23-25-26-28(20)24-21/h5-12H,13-14H2,1-4H3. The van der Waals surface area contributed by atoms with Crippen LogP contribution in [-0.2, 0) is 13.2 Å². The van der Waals surface area contributed by atoms with Gasteiger partial charge in [0.25, 0.3) is 0 Å². The minimum atomic E-state index is 0.573. The van der Waals surface area contributed by atoms with Crippen LogP contribution in [-0.4, -0.2) is 32.3 Å². The maximum Gasteiger partial charge on any atom is 0.200 e. The number of aromatic nitrogens is 5. The number of aryl methyl sites for hydroxylation is 3. The molecule has 0 amide bonds. The van der Waals surface area contributed by atoms with E-state index < -0.39 is 0 Å². The zero-order valence-electron chi connectivity index (χ0n) is 17.1. The fraction of sp³-hybridized carbons (Fsp3) is 0.273. The normalized spacial score (nSPS) is 11.0. The zero-order chi connectivity index (χ0) is 20.4. The van der Waals surface area contributed by atoms with E-state index in [0.29, 0.717) is 12.3 Å². The number of anilines is 1. The predicted molar refractivity (Wildman–Crippen MR) is 112 cm³/mol. The van der Waals surface area contributed by atoms with Gasteiger partial charge in [0.1, 0.15) is 12.4 Å². The number of hydrogen-bond donors (Lipinski definition) is 0. The summed E-state index contributed by atoms with van der Waals surface area (Å²) in [5, 5.41) is 15.8. The molecule has 7 nitrogen and oxygen atoms in total. The summed E-state index contributed by atoms with van der Waals surface area (Å²) < 4.78 is 7.60. The quantitative estimate of drug-likeness (QED) is 0.502. The molecule has 2 aromatic heterocycles. The number of fused-ring (bicyclic) bond motifs is 1. The van der Waals surface area contributed by atoms with Gasteiger partial charge >= 0.3 is 0 Å². The topological polar surface area (TPSA) is 68.4 Å². The van der Waals surface area contributed by atoms with E-state index in [1.54, 1.807) is 0 Å². The number of nitrogens with zero attached hydrogens (tertiary/aromatic N) is 6. The van der Waals surface area contributed by atoms with Gasteiger partial charge in [0.2, 0.25) is 0 Å². The highest BCUT2D eigenvalue weighted by molar-refractivity contribution is 5.47. The second kappa shape index (κ2) is 7.87. The first-order valence-corrected chi connectivity index (χ1v) is 9.55. The van der Waals surface area contributed by atoms with Crippen molar-refractivity contribution >= 4 is 11.5 Å². The van der Waals surface area contributed by atoms with Crippen molar-refractivity contribution in [2.45, 2.75) is 33.9 Å². The van der Waals surface area contributed by atoms with Gasteiger partial charge in [0, 0.05) is 13.6 Å². The minimum absolute atomic E-state index is 0.573. The zero-order valence-corrected chi connectivity index (χ0v) is 17.1. The molecule has 7 heteroatoms. The summed E-state index contributed by atoms with van der Waals surface area (Å²) in [6.07, 6.45) is 0. The van der Waals surface area contributed by atoms with E-state index in [1.807, 2.05) is 31.3 Å². The first-order valence-electron chi connectivity index (χ1n) is 9.55. The van der Waals surface area contributed by atoms with E-state index in [9.17, 15) is 0 Å². The average molecular weight is 388 g/mol. The summed E-state index contributed by atoms with van der Waals surface area (Å²) in [5.74, 6) is 1.76. The third-order valence-corrected chi connectivity index (χ3v) is 5.02. The Balaban J connectivity index is 1.49. The molecule has 29 heavy (non-hydrogen) atoms. The molecular weight excluding hydrogens is 364 g/mol. The maximum absolute atomic E-state index is 6.17. The molecule has 0 saturated carbocycles. The molecule has 4 aromatic rings. The SMILES string of the molecule is Cc1ccccc1COc1c(C)cc(CN(C)c2ccc3nnnn3n2)cc1C. The van der Waals surface area contributed by atoms with Crippen LogP contribution in [0.1, 0.15) is 27.8 Å². The Hall–Kier alpha value is -3.48. The van der Waals surface area contributed by atoms with Gasteiger partial charge in [-0.25, -0.2) is 0 Å². The number of hydrogen-bond acceptors (Lipinski definition) is 6. The molecule has 0 fully saturated rings. The van der Waals surface area contributed by atoms with Crippen molar-refractivity contribution in [1.82, 2.24) is 25.3 Å². The van der Waals surface area contributed by atoms with Gasteiger partial charge in [-0.15, -0.1) is 14.8 Å². The van der Waals surface area contributed by atoms with Gasteiger partial charge in [0.15, 0.2) is 11.5 Å². The lowest BCUT2D eigenvalue weighted by Crippen LogP contribution is -2.19. The molecule has 0 aliphatic rings. The largest absolute Gasteiger partial charge is 0.488 e. The van der Waals surface area contributed by atoms with Gasteiger partial charge < -0.3 is 9.64 Å². The van der Waals surface area contributed by atoms with Crippen molar-refractivity contribution in [3.63, 3.8) is 0 Å². The molecule has 2 heterocycles. The Labute approximate surface area is 169 Å². The minimum Gasteiger partial charge on any atom is -0.488 e. The van der Waals surface area contributed by atoms with Gasteiger partial charge in [0.05, 0.1) is 0 Å². The van der Waals surface area contributed by atoms with E-state index in [4.69, 9.17) is 4.74 Å². The summed E-state index contributed by atoms with van der Waals surface area (Å²) in [6.45, 7) is 7.59. The number of benzene rings is 2. The van der Waals surface area contributed by atoms with Crippen molar-refractivity contribution in [1.29, 1.82) is 0 Å². The molecule has 0 atom stereocenters. The monoisotopic (exact) mass is 388 g/mol. The molecule has 0 aliphatic heterocycles. The Bertz CT molecular complexity index is 1130. The lowest BCUT2D eigenvalue weighted by molar-refractivity contribution is 0.301. The number of rotatable bonds is 6. The van der Waals surface area contributed by atoms with Crippen molar-refractivity contribution in [3.8, 4) is 5.75 Å². The Kier molecular flexibility index (Phi) is 5.12. The summed E-state index contributed by atoms with van der Waals surface area (Å²) in [6, 6.07) is 16.4. The van der Waals surface area contributed by atoms with Crippen molar-refractivity contribution in [2.24, 2.45) is 0 Å². The first kappa shape index (κ1) is 18.9. The van der Waals surface area contributed by atoms with Crippen molar-refractivity contribution in [2.75, 3.05) is 11.9 Å². The lowest BCUT2D eigenvalue weighted by atomic mass is 10.0. The van der Waals surface area contributed by atoms with Gasteiger partial charge in [-0.05, 0) is 71.1 Å². The fourth-order valence-corrected chi connectivity index (χ4v) is 3.48. The van der Waals surface area contributed by atoms with E-state index in [-0.39, 0.29) is 0 Å².